The topological polar surface area (TPSA) is 63.0 Å². The van der Waals surface area contributed by atoms with Crippen molar-refractivity contribution in [1.82, 2.24) is 4.98 Å². The lowest BCUT2D eigenvalue weighted by Gasteiger charge is -2.12. The highest BCUT2D eigenvalue weighted by Crippen LogP contribution is 2.29. The average molecular weight is 275 g/mol. The van der Waals surface area contributed by atoms with Crippen LogP contribution in [-0.2, 0) is 10.6 Å². The van der Waals surface area contributed by atoms with Crippen LogP contribution in [0.3, 0.4) is 0 Å². The Hall–Kier alpha value is -1.74. The molecule has 0 aliphatic carbocycles. The molecule has 0 aliphatic rings. The van der Waals surface area contributed by atoms with Crippen molar-refractivity contribution in [1.29, 1.82) is 5.26 Å². The van der Waals surface area contributed by atoms with E-state index >= 15 is 0 Å². The van der Waals surface area contributed by atoms with E-state index in [1.807, 2.05) is 0 Å². The van der Waals surface area contributed by atoms with Gasteiger partial charge in [0.05, 0.1) is 17.7 Å². The zero-order valence-electron chi connectivity index (χ0n) is 9.41. The number of alkyl halides is 3. The first-order chi connectivity index (χ1) is 8.56. The number of nitrogens with zero attached hydrogens (tertiary/aromatic N) is 2. The van der Waals surface area contributed by atoms with Crippen molar-refractivity contribution in [3.63, 3.8) is 0 Å². The highest BCUT2D eigenvalue weighted by Gasteiger charge is 2.25. The number of halogens is 3. The van der Waals surface area contributed by atoms with Gasteiger partial charge in [0.25, 0.3) is 6.43 Å². The van der Waals surface area contributed by atoms with Crippen molar-refractivity contribution in [2.45, 2.75) is 19.2 Å². The number of nitriles is 1. The molecule has 0 aromatic carbocycles. The van der Waals surface area contributed by atoms with Crippen molar-refractivity contribution in [3.8, 4) is 6.07 Å². The normalized spacial score (nSPS) is 10.2. The van der Waals surface area contributed by atoms with Crippen LogP contribution in [0.25, 0.3) is 0 Å². The molecule has 0 atom stereocenters. The van der Waals surface area contributed by atoms with Crippen LogP contribution in [0.1, 0.15) is 40.5 Å². The maximum atomic E-state index is 12.9. The van der Waals surface area contributed by atoms with Gasteiger partial charge in [-0.2, -0.15) is 5.26 Å². The lowest BCUT2D eigenvalue weighted by molar-refractivity contribution is 0.0524. The number of esters is 1. The maximum absolute atomic E-state index is 12.9. The molecule has 18 heavy (non-hydrogen) atoms. The third-order valence-corrected chi connectivity index (χ3v) is 2.45. The molecule has 0 saturated carbocycles. The third kappa shape index (κ3) is 2.74. The quantitative estimate of drug-likeness (QED) is 0.625. The van der Waals surface area contributed by atoms with Gasteiger partial charge in [-0.05, 0) is 12.5 Å². The number of rotatable bonds is 4. The van der Waals surface area contributed by atoms with Crippen molar-refractivity contribution in [2.75, 3.05) is 6.61 Å². The van der Waals surface area contributed by atoms with E-state index < -0.39 is 23.7 Å². The summed E-state index contributed by atoms with van der Waals surface area (Å²) in [6, 6.07) is 1.55. The van der Waals surface area contributed by atoms with E-state index in [4.69, 9.17) is 21.6 Å². The zero-order valence-corrected chi connectivity index (χ0v) is 10.2. The molecule has 0 radical (unpaired) electrons. The van der Waals surface area contributed by atoms with Gasteiger partial charge in [0.1, 0.15) is 11.8 Å². The molecule has 1 aromatic rings. The van der Waals surface area contributed by atoms with Crippen molar-refractivity contribution >= 4 is 17.6 Å². The van der Waals surface area contributed by atoms with E-state index in [0.29, 0.717) is 0 Å². The largest absolute Gasteiger partial charge is 0.462 e. The number of aromatic nitrogens is 1. The van der Waals surface area contributed by atoms with Crippen molar-refractivity contribution in [3.05, 3.63) is 28.6 Å². The fourth-order valence-electron chi connectivity index (χ4n) is 1.42. The van der Waals surface area contributed by atoms with Crippen molar-refractivity contribution in [2.24, 2.45) is 0 Å². The first-order valence-corrected chi connectivity index (χ1v) is 5.53. The first kappa shape index (κ1) is 14.3. The van der Waals surface area contributed by atoms with Gasteiger partial charge in [0.2, 0.25) is 0 Å². The van der Waals surface area contributed by atoms with Gasteiger partial charge in [-0.15, -0.1) is 11.6 Å². The third-order valence-electron chi connectivity index (χ3n) is 2.18. The Morgan fingerprint density at radius 1 is 1.67 bits per heavy atom. The molecule has 0 spiro atoms. The van der Waals surface area contributed by atoms with E-state index in [1.54, 1.807) is 13.0 Å². The molecule has 0 bridgehead atoms. The van der Waals surface area contributed by atoms with E-state index in [-0.39, 0.29) is 23.6 Å². The summed E-state index contributed by atoms with van der Waals surface area (Å²) >= 11 is 5.58. The lowest BCUT2D eigenvalue weighted by Crippen LogP contribution is -2.12. The van der Waals surface area contributed by atoms with Crippen LogP contribution in [0.2, 0.25) is 0 Å². The number of ether oxygens (including phenoxy) is 1. The molecule has 7 heteroatoms. The minimum Gasteiger partial charge on any atom is -0.462 e. The lowest BCUT2D eigenvalue weighted by atomic mass is 10.0. The van der Waals surface area contributed by atoms with E-state index in [1.165, 1.54) is 0 Å². The molecule has 0 amide bonds. The Labute approximate surface area is 107 Å². The molecule has 0 aliphatic heterocycles. The minimum atomic E-state index is -2.93. The summed E-state index contributed by atoms with van der Waals surface area (Å²) in [6.07, 6.45) is -1.91. The van der Waals surface area contributed by atoms with Crippen LogP contribution < -0.4 is 0 Å². The van der Waals surface area contributed by atoms with Gasteiger partial charge in [-0.3, -0.25) is 0 Å². The zero-order chi connectivity index (χ0) is 13.7. The number of hydrogen-bond acceptors (Lipinski definition) is 4. The molecule has 1 rings (SSSR count). The fourth-order valence-corrected chi connectivity index (χ4v) is 1.71. The minimum absolute atomic E-state index is 0.102. The van der Waals surface area contributed by atoms with E-state index in [9.17, 15) is 13.6 Å². The second-order valence-electron chi connectivity index (χ2n) is 3.18. The Balaban J connectivity index is 3.43. The predicted molar refractivity (Wildman–Crippen MR) is 59.4 cm³/mol. The summed E-state index contributed by atoms with van der Waals surface area (Å²) in [6.45, 7) is 1.69. The molecule has 96 valence electrons. The Morgan fingerprint density at radius 3 is 2.78 bits per heavy atom. The van der Waals surface area contributed by atoms with Crippen LogP contribution >= 0.6 is 11.6 Å². The molecule has 0 fully saturated rings. The summed E-state index contributed by atoms with van der Waals surface area (Å²) in [4.78, 5) is 15.1. The second-order valence-corrected chi connectivity index (χ2v) is 3.45. The summed E-state index contributed by atoms with van der Waals surface area (Å²) in [5.41, 5.74) is -1.30. The van der Waals surface area contributed by atoms with Crippen LogP contribution in [0.4, 0.5) is 8.78 Å². The van der Waals surface area contributed by atoms with Crippen LogP contribution in [-0.4, -0.2) is 17.6 Å². The number of hydrogen-bond donors (Lipinski definition) is 0. The molecule has 1 aromatic heterocycles. The van der Waals surface area contributed by atoms with Crippen LogP contribution in [0, 0.1) is 11.3 Å². The van der Waals surface area contributed by atoms with Crippen molar-refractivity contribution < 1.29 is 18.3 Å². The van der Waals surface area contributed by atoms with Gasteiger partial charge in [0.15, 0.2) is 0 Å². The summed E-state index contributed by atoms with van der Waals surface area (Å²) in [5.74, 6) is -1.11. The molecule has 4 nitrogen and oxygen atoms in total. The molecule has 0 saturated heterocycles. The Bertz CT molecular complexity index is 501. The molecular formula is C11H9ClF2N2O2. The number of pyridine rings is 1. The first-order valence-electron chi connectivity index (χ1n) is 4.99. The van der Waals surface area contributed by atoms with Crippen LogP contribution in [0.15, 0.2) is 6.20 Å². The van der Waals surface area contributed by atoms with Gasteiger partial charge >= 0.3 is 5.97 Å². The average Bonchev–Trinajstić information content (AvgIpc) is 2.36. The SMILES string of the molecule is CCOC(=O)c1cnc(C#N)c(C(F)F)c1CCl. The van der Waals surface area contributed by atoms with Gasteiger partial charge < -0.3 is 4.74 Å². The predicted octanol–water partition coefficient (Wildman–Crippen LogP) is 2.81. The fraction of sp³-hybridized carbons (Fsp3) is 0.364. The highest BCUT2D eigenvalue weighted by atomic mass is 35.5. The molecular weight excluding hydrogens is 266 g/mol. The van der Waals surface area contributed by atoms with Gasteiger partial charge in [-0.1, -0.05) is 0 Å². The number of carbonyl (C=O) groups excluding carboxylic acids is 1. The standard InChI is InChI=1S/C11H9ClF2N2O2/c1-2-18-11(17)7-5-16-8(4-15)9(10(13)14)6(7)3-12/h5,10H,2-3H2,1H3. The summed E-state index contributed by atoms with van der Waals surface area (Å²) in [5, 5.41) is 8.72. The smallest absolute Gasteiger partial charge is 0.340 e. The highest BCUT2D eigenvalue weighted by molar-refractivity contribution is 6.17. The number of carbonyl (C=O) groups is 1. The molecule has 0 N–H and O–H groups in total. The Kier molecular flexibility index (Phi) is 4.98. The second kappa shape index (κ2) is 6.26. The van der Waals surface area contributed by atoms with Gasteiger partial charge in [0, 0.05) is 12.1 Å². The van der Waals surface area contributed by atoms with Gasteiger partial charge in [-0.25, -0.2) is 18.6 Å². The monoisotopic (exact) mass is 274 g/mol. The Morgan fingerprint density at radius 2 is 2.33 bits per heavy atom. The molecule has 0 unspecified atom stereocenters. The maximum Gasteiger partial charge on any atom is 0.340 e. The van der Waals surface area contributed by atoms with E-state index in [0.717, 1.165) is 6.20 Å². The summed E-state index contributed by atoms with van der Waals surface area (Å²) < 4.78 is 30.5. The van der Waals surface area contributed by atoms with E-state index in [2.05, 4.69) is 4.98 Å². The van der Waals surface area contributed by atoms with Crippen LogP contribution in [0.5, 0.6) is 0 Å². The summed E-state index contributed by atoms with van der Waals surface area (Å²) in [7, 11) is 0. The molecule has 1 heterocycles.